The average molecular weight is 274 g/mol. The molecule has 0 aromatic heterocycles. The smallest absolute Gasteiger partial charge is 0.377 e. The van der Waals surface area contributed by atoms with Gasteiger partial charge >= 0.3 is 13.6 Å². The number of aliphatic hydroxyl groups is 1. The summed E-state index contributed by atoms with van der Waals surface area (Å²) in [5, 5.41) is 7.99. The Kier molecular flexibility index (Phi) is 4.65. The van der Waals surface area contributed by atoms with Crippen molar-refractivity contribution < 1.29 is 28.3 Å². The van der Waals surface area contributed by atoms with Crippen molar-refractivity contribution in [2.75, 3.05) is 21.3 Å². The minimum absolute atomic E-state index is 0.0730. The first-order valence-corrected chi connectivity index (χ1v) is 6.58. The maximum Gasteiger partial charge on any atom is 0.377 e. The Labute approximate surface area is 105 Å². The molecule has 1 aromatic carbocycles. The monoisotopic (exact) mass is 274 g/mol. The second-order valence-electron chi connectivity index (χ2n) is 3.39. The lowest BCUT2D eigenvalue weighted by atomic mass is 10.1. The molecule has 1 N–H and O–H groups in total. The molecule has 1 atom stereocenters. The molecule has 100 valence electrons. The van der Waals surface area contributed by atoms with Gasteiger partial charge in [0.05, 0.1) is 7.11 Å². The fraction of sp³-hybridized carbons (Fsp3) is 0.364. The Morgan fingerprint density at radius 2 is 1.67 bits per heavy atom. The molecule has 0 bridgehead atoms. The van der Waals surface area contributed by atoms with E-state index < -0.39 is 18.9 Å². The van der Waals surface area contributed by atoms with Crippen LogP contribution in [-0.2, 0) is 28.5 Å². The SMILES string of the molecule is COC(=O)[C@@](O)(c1ccccc1)P(=O)(OC)OC. The maximum atomic E-state index is 12.4. The predicted octanol–water partition coefficient (Wildman–Crippen LogP) is 1.49. The molecule has 0 spiro atoms. The van der Waals surface area contributed by atoms with E-state index in [4.69, 9.17) is 9.05 Å². The van der Waals surface area contributed by atoms with Crippen molar-refractivity contribution in [3.05, 3.63) is 35.9 Å². The number of hydrogen-bond donors (Lipinski definition) is 1. The fourth-order valence-electron chi connectivity index (χ4n) is 1.54. The number of methoxy groups -OCH3 is 1. The molecule has 6 nitrogen and oxygen atoms in total. The van der Waals surface area contributed by atoms with E-state index >= 15 is 0 Å². The molecular weight excluding hydrogens is 259 g/mol. The van der Waals surface area contributed by atoms with Crippen LogP contribution < -0.4 is 0 Å². The van der Waals surface area contributed by atoms with Gasteiger partial charge in [-0.25, -0.2) is 4.79 Å². The van der Waals surface area contributed by atoms with Crippen molar-refractivity contribution in [1.82, 2.24) is 0 Å². The van der Waals surface area contributed by atoms with Gasteiger partial charge in [-0.1, -0.05) is 30.3 Å². The van der Waals surface area contributed by atoms with Gasteiger partial charge in [-0.2, -0.15) is 0 Å². The van der Waals surface area contributed by atoms with Gasteiger partial charge in [0.2, 0.25) is 0 Å². The van der Waals surface area contributed by atoms with Gasteiger partial charge in [0.1, 0.15) is 0 Å². The summed E-state index contributed by atoms with van der Waals surface area (Å²) >= 11 is 0. The first-order valence-electron chi connectivity index (χ1n) is 5.04. The van der Waals surface area contributed by atoms with Crippen LogP contribution >= 0.6 is 7.60 Å². The molecule has 0 radical (unpaired) electrons. The van der Waals surface area contributed by atoms with E-state index in [0.717, 1.165) is 21.3 Å². The molecule has 1 rings (SSSR count). The second-order valence-corrected chi connectivity index (χ2v) is 5.76. The van der Waals surface area contributed by atoms with E-state index in [2.05, 4.69) is 4.74 Å². The van der Waals surface area contributed by atoms with Crippen molar-refractivity contribution in [3.8, 4) is 0 Å². The van der Waals surface area contributed by atoms with Crippen LogP contribution in [0.2, 0.25) is 0 Å². The van der Waals surface area contributed by atoms with Crippen molar-refractivity contribution in [2.24, 2.45) is 0 Å². The Bertz CT molecular complexity index is 452. The van der Waals surface area contributed by atoms with Gasteiger partial charge < -0.3 is 18.9 Å². The normalized spacial score (nSPS) is 14.9. The molecule has 0 saturated carbocycles. The lowest BCUT2D eigenvalue weighted by molar-refractivity contribution is -0.156. The largest absolute Gasteiger partial charge is 0.466 e. The summed E-state index contributed by atoms with van der Waals surface area (Å²) in [5.74, 6) is -1.11. The quantitative estimate of drug-likeness (QED) is 0.647. The molecular formula is C11H15O6P. The van der Waals surface area contributed by atoms with Crippen molar-refractivity contribution >= 4 is 13.6 Å². The van der Waals surface area contributed by atoms with Crippen molar-refractivity contribution in [1.29, 1.82) is 0 Å². The number of carbonyl (C=O) groups is 1. The first kappa shape index (κ1) is 14.9. The highest BCUT2D eigenvalue weighted by molar-refractivity contribution is 7.56. The molecule has 0 aliphatic heterocycles. The van der Waals surface area contributed by atoms with Crippen LogP contribution in [0.3, 0.4) is 0 Å². The number of carbonyl (C=O) groups excluding carboxylic acids is 1. The van der Waals surface area contributed by atoms with Crippen LogP contribution in [0.5, 0.6) is 0 Å². The van der Waals surface area contributed by atoms with Crippen LogP contribution in [0, 0.1) is 0 Å². The minimum Gasteiger partial charge on any atom is -0.466 e. The van der Waals surface area contributed by atoms with Crippen LogP contribution in [0.4, 0.5) is 0 Å². The predicted molar refractivity (Wildman–Crippen MR) is 64.0 cm³/mol. The topological polar surface area (TPSA) is 82.1 Å². The zero-order valence-corrected chi connectivity index (χ0v) is 11.2. The molecule has 0 fully saturated rings. The highest BCUT2D eigenvalue weighted by atomic mass is 31.2. The van der Waals surface area contributed by atoms with Gasteiger partial charge in [-0.15, -0.1) is 0 Å². The number of esters is 1. The summed E-state index contributed by atoms with van der Waals surface area (Å²) in [6.45, 7) is 0. The Morgan fingerprint density at radius 3 is 2.06 bits per heavy atom. The van der Waals surface area contributed by atoms with Gasteiger partial charge in [0.25, 0.3) is 5.34 Å². The summed E-state index contributed by atoms with van der Waals surface area (Å²) in [7, 11) is -0.873. The van der Waals surface area contributed by atoms with Crippen LogP contribution in [0.15, 0.2) is 30.3 Å². The molecule has 0 aliphatic rings. The Hall–Kier alpha value is -1.20. The van der Waals surface area contributed by atoms with Crippen molar-refractivity contribution in [3.63, 3.8) is 0 Å². The van der Waals surface area contributed by atoms with Gasteiger partial charge in [0.15, 0.2) is 0 Å². The molecule has 18 heavy (non-hydrogen) atoms. The molecule has 7 heteroatoms. The molecule has 0 unspecified atom stereocenters. The first-order chi connectivity index (χ1) is 8.46. The molecule has 1 aromatic rings. The van der Waals surface area contributed by atoms with Crippen molar-refractivity contribution in [2.45, 2.75) is 5.34 Å². The molecule has 0 saturated heterocycles. The zero-order valence-electron chi connectivity index (χ0n) is 10.3. The summed E-state index contributed by atoms with van der Waals surface area (Å²) in [5.41, 5.74) is 0.0730. The number of rotatable bonds is 5. The number of ether oxygens (including phenoxy) is 1. The van der Waals surface area contributed by atoms with E-state index in [0.29, 0.717) is 0 Å². The molecule has 0 heterocycles. The lowest BCUT2D eigenvalue weighted by Gasteiger charge is -2.30. The van der Waals surface area contributed by atoms with E-state index in [1.165, 1.54) is 12.1 Å². The third-order valence-corrected chi connectivity index (χ3v) is 4.72. The van der Waals surface area contributed by atoms with E-state index in [1.54, 1.807) is 18.2 Å². The third kappa shape index (κ3) is 2.20. The highest BCUT2D eigenvalue weighted by Gasteiger charge is 2.57. The maximum absolute atomic E-state index is 12.4. The van der Waals surface area contributed by atoms with Gasteiger partial charge in [-0.3, -0.25) is 4.57 Å². The Balaban J connectivity index is 3.46. The van der Waals surface area contributed by atoms with Crippen LogP contribution in [-0.4, -0.2) is 32.4 Å². The van der Waals surface area contributed by atoms with E-state index in [9.17, 15) is 14.5 Å². The average Bonchev–Trinajstić information content (AvgIpc) is 2.45. The lowest BCUT2D eigenvalue weighted by Crippen LogP contribution is -2.37. The number of benzene rings is 1. The Morgan fingerprint density at radius 1 is 1.17 bits per heavy atom. The summed E-state index contributed by atoms with van der Waals surface area (Å²) in [4.78, 5) is 11.8. The molecule has 0 aliphatic carbocycles. The van der Waals surface area contributed by atoms with E-state index in [1.807, 2.05) is 0 Å². The van der Waals surface area contributed by atoms with Gasteiger partial charge in [-0.05, 0) is 0 Å². The number of hydrogen-bond acceptors (Lipinski definition) is 6. The molecule has 0 amide bonds. The highest BCUT2D eigenvalue weighted by Crippen LogP contribution is 2.62. The van der Waals surface area contributed by atoms with E-state index in [-0.39, 0.29) is 5.56 Å². The summed E-state index contributed by atoms with van der Waals surface area (Å²) in [6.07, 6.45) is 0. The zero-order chi connectivity index (χ0) is 13.8. The third-order valence-electron chi connectivity index (χ3n) is 2.52. The minimum atomic E-state index is -4.12. The fourth-order valence-corrected chi connectivity index (χ4v) is 3.00. The summed E-state index contributed by atoms with van der Waals surface area (Å²) in [6, 6.07) is 7.72. The summed E-state index contributed by atoms with van der Waals surface area (Å²) < 4.78 is 26.3. The second kappa shape index (κ2) is 5.63. The van der Waals surface area contributed by atoms with Gasteiger partial charge in [0, 0.05) is 19.8 Å². The van der Waals surface area contributed by atoms with Crippen LogP contribution in [0.25, 0.3) is 0 Å². The standard InChI is InChI=1S/C11H15O6P/c1-15-10(12)11(13,18(14,16-2)17-3)9-7-5-4-6-8-9/h4-8,13H,1-3H3/t11-/m1/s1. The van der Waals surface area contributed by atoms with Crippen LogP contribution in [0.1, 0.15) is 5.56 Å².